The summed E-state index contributed by atoms with van der Waals surface area (Å²) in [6.07, 6.45) is 3.19. The largest absolute Gasteiger partial charge is 0.496 e. The van der Waals surface area contributed by atoms with Crippen molar-refractivity contribution < 1.29 is 9.13 Å². The minimum absolute atomic E-state index is 0.153. The smallest absolute Gasteiger partial charge is 0.123 e. The van der Waals surface area contributed by atoms with Crippen LogP contribution in [-0.4, -0.2) is 13.7 Å². The molecule has 0 heterocycles. The van der Waals surface area contributed by atoms with Crippen molar-refractivity contribution in [2.45, 2.75) is 46.1 Å². The lowest BCUT2D eigenvalue weighted by Gasteiger charge is -2.24. The second-order valence-corrected chi connectivity index (χ2v) is 5.14. The number of methoxy groups -OCH3 is 1. The summed E-state index contributed by atoms with van der Waals surface area (Å²) >= 11 is 0. The average molecular weight is 267 g/mol. The van der Waals surface area contributed by atoms with E-state index in [0.29, 0.717) is 5.92 Å². The average Bonchev–Trinajstić information content (AvgIpc) is 2.43. The van der Waals surface area contributed by atoms with E-state index in [1.54, 1.807) is 19.2 Å². The highest BCUT2D eigenvalue weighted by atomic mass is 19.1. The van der Waals surface area contributed by atoms with Crippen molar-refractivity contribution in [1.29, 1.82) is 0 Å². The van der Waals surface area contributed by atoms with Gasteiger partial charge in [-0.2, -0.15) is 0 Å². The van der Waals surface area contributed by atoms with Crippen LogP contribution in [-0.2, 0) is 0 Å². The highest BCUT2D eigenvalue weighted by molar-refractivity contribution is 5.36. The van der Waals surface area contributed by atoms with Gasteiger partial charge >= 0.3 is 0 Å². The molecule has 1 rings (SSSR count). The molecule has 0 fully saturated rings. The van der Waals surface area contributed by atoms with Gasteiger partial charge in [-0.15, -0.1) is 0 Å². The molecule has 108 valence electrons. The Morgan fingerprint density at radius 1 is 1.32 bits per heavy atom. The van der Waals surface area contributed by atoms with Gasteiger partial charge in [0.25, 0.3) is 0 Å². The van der Waals surface area contributed by atoms with Crippen LogP contribution in [0.15, 0.2) is 18.2 Å². The number of ether oxygens (including phenoxy) is 1. The maximum absolute atomic E-state index is 13.5. The normalized spacial score (nSPS) is 14.2. The van der Waals surface area contributed by atoms with Gasteiger partial charge in [-0.05, 0) is 43.5 Å². The van der Waals surface area contributed by atoms with Gasteiger partial charge < -0.3 is 10.1 Å². The molecule has 2 unspecified atom stereocenters. The fourth-order valence-electron chi connectivity index (χ4n) is 2.19. The van der Waals surface area contributed by atoms with E-state index < -0.39 is 0 Å². The van der Waals surface area contributed by atoms with Crippen LogP contribution in [0.4, 0.5) is 4.39 Å². The molecule has 3 heteroatoms. The number of halogens is 1. The van der Waals surface area contributed by atoms with Crippen molar-refractivity contribution in [3.63, 3.8) is 0 Å². The maximum atomic E-state index is 13.5. The number of rotatable bonds is 8. The lowest BCUT2D eigenvalue weighted by molar-refractivity contribution is 0.369. The molecule has 0 amide bonds. The molecule has 1 aromatic rings. The Bertz CT molecular complexity index is 381. The summed E-state index contributed by atoms with van der Waals surface area (Å²) in [7, 11) is 1.64. The Balaban J connectivity index is 2.97. The predicted molar refractivity (Wildman–Crippen MR) is 78.1 cm³/mol. The molecular weight excluding hydrogens is 241 g/mol. The predicted octanol–water partition coefficient (Wildman–Crippen LogP) is 4.31. The first kappa shape index (κ1) is 16.0. The van der Waals surface area contributed by atoms with Gasteiger partial charge in [-0.1, -0.05) is 27.2 Å². The van der Waals surface area contributed by atoms with Gasteiger partial charge in [0.05, 0.1) is 7.11 Å². The first-order chi connectivity index (χ1) is 9.12. The van der Waals surface area contributed by atoms with Crippen molar-refractivity contribution in [3.8, 4) is 5.75 Å². The number of hydrogen-bond donors (Lipinski definition) is 1. The lowest BCUT2D eigenvalue weighted by Crippen LogP contribution is -2.24. The summed E-state index contributed by atoms with van der Waals surface area (Å²) in [5, 5.41) is 3.51. The highest BCUT2D eigenvalue weighted by Gasteiger charge is 2.18. The van der Waals surface area contributed by atoms with E-state index in [9.17, 15) is 4.39 Å². The molecule has 0 spiro atoms. The van der Waals surface area contributed by atoms with Gasteiger partial charge in [0, 0.05) is 11.6 Å². The van der Waals surface area contributed by atoms with Crippen molar-refractivity contribution in [1.82, 2.24) is 5.32 Å². The molecule has 2 nitrogen and oxygen atoms in total. The van der Waals surface area contributed by atoms with E-state index in [0.717, 1.165) is 37.1 Å². The van der Waals surface area contributed by atoms with E-state index in [1.807, 2.05) is 0 Å². The minimum atomic E-state index is -0.205. The molecule has 0 aliphatic carbocycles. The molecular formula is C16H26FNO. The summed E-state index contributed by atoms with van der Waals surface area (Å²) in [4.78, 5) is 0. The van der Waals surface area contributed by atoms with Crippen LogP contribution < -0.4 is 10.1 Å². The highest BCUT2D eigenvalue weighted by Crippen LogP contribution is 2.31. The number of benzene rings is 1. The quantitative estimate of drug-likeness (QED) is 0.757. The van der Waals surface area contributed by atoms with Crippen molar-refractivity contribution >= 4 is 0 Å². The number of nitrogens with one attached hydrogen (secondary N) is 1. The Morgan fingerprint density at radius 3 is 2.63 bits per heavy atom. The zero-order valence-electron chi connectivity index (χ0n) is 12.5. The summed E-state index contributed by atoms with van der Waals surface area (Å²) in [6.45, 7) is 7.48. The van der Waals surface area contributed by atoms with Crippen LogP contribution >= 0.6 is 0 Å². The molecule has 1 aromatic carbocycles. The molecule has 0 saturated carbocycles. The van der Waals surface area contributed by atoms with Gasteiger partial charge in [0.2, 0.25) is 0 Å². The second kappa shape index (κ2) is 8.16. The monoisotopic (exact) mass is 267 g/mol. The Morgan fingerprint density at radius 2 is 2.05 bits per heavy atom. The summed E-state index contributed by atoms with van der Waals surface area (Å²) < 4.78 is 18.9. The second-order valence-electron chi connectivity index (χ2n) is 5.14. The summed E-state index contributed by atoms with van der Waals surface area (Å²) in [5.74, 6) is 1.16. The molecule has 0 aliphatic rings. The zero-order chi connectivity index (χ0) is 14.3. The van der Waals surface area contributed by atoms with Crippen LogP contribution in [0.2, 0.25) is 0 Å². The maximum Gasteiger partial charge on any atom is 0.123 e. The van der Waals surface area contributed by atoms with Crippen LogP contribution in [0.25, 0.3) is 0 Å². The first-order valence-electron chi connectivity index (χ1n) is 7.19. The van der Waals surface area contributed by atoms with Crippen LogP contribution in [0.3, 0.4) is 0 Å². The van der Waals surface area contributed by atoms with E-state index in [1.165, 1.54) is 6.07 Å². The third-order valence-electron chi connectivity index (χ3n) is 3.54. The summed E-state index contributed by atoms with van der Waals surface area (Å²) in [5.41, 5.74) is 0.927. The molecule has 19 heavy (non-hydrogen) atoms. The third kappa shape index (κ3) is 4.83. The fourth-order valence-corrected chi connectivity index (χ4v) is 2.19. The van der Waals surface area contributed by atoms with Gasteiger partial charge in [-0.25, -0.2) is 4.39 Å². The SMILES string of the molecule is CCCNC(CC(C)CC)c1cc(F)ccc1OC. The van der Waals surface area contributed by atoms with E-state index in [4.69, 9.17) is 4.74 Å². The van der Waals surface area contributed by atoms with Crippen molar-refractivity contribution in [3.05, 3.63) is 29.6 Å². The van der Waals surface area contributed by atoms with Gasteiger partial charge in [0.15, 0.2) is 0 Å². The van der Waals surface area contributed by atoms with Crippen molar-refractivity contribution in [2.24, 2.45) is 5.92 Å². The molecule has 2 atom stereocenters. The van der Waals surface area contributed by atoms with Crippen LogP contribution in [0.5, 0.6) is 5.75 Å². The standard InChI is InChI=1S/C16H26FNO/c1-5-9-18-15(10-12(3)6-2)14-11-13(17)7-8-16(14)19-4/h7-8,11-12,15,18H,5-6,9-10H2,1-4H3. The molecule has 0 aliphatic heterocycles. The van der Waals surface area contributed by atoms with Gasteiger partial charge in [0.1, 0.15) is 11.6 Å². The Kier molecular flexibility index (Phi) is 6.85. The van der Waals surface area contributed by atoms with Crippen LogP contribution in [0, 0.1) is 11.7 Å². The minimum Gasteiger partial charge on any atom is -0.496 e. The van der Waals surface area contributed by atoms with Crippen LogP contribution in [0.1, 0.15) is 51.6 Å². The van der Waals surface area contributed by atoms with E-state index >= 15 is 0 Å². The molecule has 0 bridgehead atoms. The Hall–Kier alpha value is -1.09. The van der Waals surface area contributed by atoms with Crippen molar-refractivity contribution in [2.75, 3.05) is 13.7 Å². The lowest BCUT2D eigenvalue weighted by atomic mass is 9.93. The fraction of sp³-hybridized carbons (Fsp3) is 0.625. The molecule has 0 aromatic heterocycles. The topological polar surface area (TPSA) is 21.3 Å². The molecule has 1 N–H and O–H groups in total. The van der Waals surface area contributed by atoms with E-state index in [2.05, 4.69) is 26.1 Å². The third-order valence-corrected chi connectivity index (χ3v) is 3.54. The Labute approximate surface area is 116 Å². The first-order valence-corrected chi connectivity index (χ1v) is 7.19. The molecule has 0 saturated heterocycles. The van der Waals surface area contributed by atoms with Gasteiger partial charge in [-0.3, -0.25) is 0 Å². The molecule has 0 radical (unpaired) electrons. The zero-order valence-corrected chi connectivity index (χ0v) is 12.5. The van der Waals surface area contributed by atoms with E-state index in [-0.39, 0.29) is 11.9 Å². The summed E-state index contributed by atoms with van der Waals surface area (Å²) in [6, 6.07) is 4.90. The number of hydrogen-bond acceptors (Lipinski definition) is 2.